The van der Waals surface area contributed by atoms with Crippen LogP contribution in [0.5, 0.6) is 5.75 Å². The molecule has 0 radical (unpaired) electrons. The number of aromatic nitrogens is 3. The summed E-state index contributed by atoms with van der Waals surface area (Å²) in [6.07, 6.45) is 0. The van der Waals surface area contributed by atoms with Gasteiger partial charge in [0.05, 0.1) is 10.6 Å². The van der Waals surface area contributed by atoms with Gasteiger partial charge in [-0.15, -0.1) is 10.2 Å². The van der Waals surface area contributed by atoms with Gasteiger partial charge in [-0.1, -0.05) is 43.8 Å². The number of nitrogen functional groups attached to an aromatic ring is 1. The number of nitrogens with one attached hydrogen (secondary N) is 1. The molecule has 0 fully saturated rings. The van der Waals surface area contributed by atoms with Gasteiger partial charge in [0.2, 0.25) is 21.1 Å². The minimum atomic E-state index is -3.66. The molecule has 0 aliphatic rings. The van der Waals surface area contributed by atoms with Crippen LogP contribution >= 0.6 is 11.8 Å². The lowest BCUT2D eigenvalue weighted by Crippen LogP contribution is -2.30. The molecule has 0 bridgehead atoms. The van der Waals surface area contributed by atoms with Crippen LogP contribution in [0.4, 0.5) is 10.1 Å². The second-order valence-electron chi connectivity index (χ2n) is 7.39. The summed E-state index contributed by atoms with van der Waals surface area (Å²) in [6.45, 7) is 5.89. The summed E-state index contributed by atoms with van der Waals surface area (Å²) in [7, 11) is -3.66. The zero-order valence-corrected chi connectivity index (χ0v) is 21.2. The Balaban J connectivity index is 1.62. The van der Waals surface area contributed by atoms with Crippen LogP contribution in [0.25, 0.3) is 0 Å². The Morgan fingerprint density at radius 3 is 2.60 bits per heavy atom. The molecular weight excluding hydrogens is 495 g/mol. The molecule has 3 rings (SSSR count). The number of aryl methyl sites for hydroxylation is 1. The molecule has 0 unspecified atom stereocenters. The lowest BCUT2D eigenvalue weighted by Gasteiger charge is -2.19. The zero-order valence-electron chi connectivity index (χ0n) is 19.6. The second-order valence-corrected chi connectivity index (χ2v) is 10.3. The van der Waals surface area contributed by atoms with E-state index in [0.29, 0.717) is 18.8 Å². The number of halogens is 1. The number of carbonyl (C=O) groups excluding carboxylic acids is 1. The number of nitrogens with zero attached hydrogens (tertiary/aromatic N) is 4. The lowest BCUT2D eigenvalue weighted by molar-refractivity contribution is -0.113. The Kier molecular flexibility index (Phi) is 8.70. The Morgan fingerprint density at radius 1 is 1.20 bits per heavy atom. The molecular formula is C22H27FN6O4S2. The van der Waals surface area contributed by atoms with Crippen LogP contribution in [-0.4, -0.2) is 52.3 Å². The maximum absolute atomic E-state index is 13.7. The van der Waals surface area contributed by atoms with Crippen molar-refractivity contribution >= 4 is 33.4 Å². The fourth-order valence-corrected chi connectivity index (χ4v) is 5.29. The molecule has 0 aliphatic heterocycles. The van der Waals surface area contributed by atoms with Gasteiger partial charge in [-0.25, -0.2) is 17.5 Å². The first kappa shape index (κ1) is 26.4. The van der Waals surface area contributed by atoms with Gasteiger partial charge in [-0.05, 0) is 36.8 Å². The maximum atomic E-state index is 13.7. The average molecular weight is 523 g/mol. The van der Waals surface area contributed by atoms with E-state index in [1.54, 1.807) is 39.0 Å². The molecule has 3 aromatic rings. The first-order valence-corrected chi connectivity index (χ1v) is 13.2. The Hall–Kier alpha value is -3.16. The average Bonchev–Trinajstić information content (AvgIpc) is 3.18. The minimum absolute atomic E-state index is 0.0457. The molecule has 1 aromatic heterocycles. The number of para-hydroxylation sites is 1. The highest BCUT2D eigenvalue weighted by atomic mass is 32.2. The summed E-state index contributed by atoms with van der Waals surface area (Å²) < 4.78 is 47.2. The molecule has 2 aromatic carbocycles. The van der Waals surface area contributed by atoms with E-state index in [1.165, 1.54) is 33.2 Å². The van der Waals surface area contributed by atoms with Gasteiger partial charge in [0.15, 0.2) is 17.4 Å². The summed E-state index contributed by atoms with van der Waals surface area (Å²) >= 11 is 1.04. The number of benzene rings is 2. The third-order valence-corrected chi connectivity index (χ3v) is 8.08. The van der Waals surface area contributed by atoms with Crippen LogP contribution < -0.4 is 15.9 Å². The van der Waals surface area contributed by atoms with Gasteiger partial charge in [0.1, 0.15) is 6.61 Å². The van der Waals surface area contributed by atoms with Crippen LogP contribution in [0.3, 0.4) is 0 Å². The van der Waals surface area contributed by atoms with Crippen LogP contribution in [0, 0.1) is 12.7 Å². The van der Waals surface area contributed by atoms with Crippen molar-refractivity contribution in [2.75, 3.05) is 30.0 Å². The summed E-state index contributed by atoms with van der Waals surface area (Å²) in [6, 6.07) is 10.6. The second kappa shape index (κ2) is 11.5. The van der Waals surface area contributed by atoms with E-state index in [0.717, 1.165) is 17.3 Å². The predicted molar refractivity (Wildman–Crippen MR) is 132 cm³/mol. The number of amides is 1. The molecule has 3 N–H and O–H groups in total. The van der Waals surface area contributed by atoms with Crippen molar-refractivity contribution in [2.24, 2.45) is 0 Å². The number of rotatable bonds is 11. The number of anilines is 1. The van der Waals surface area contributed by atoms with E-state index in [2.05, 4.69) is 15.5 Å². The normalized spacial score (nSPS) is 11.6. The highest BCUT2D eigenvalue weighted by Gasteiger charge is 2.22. The third kappa shape index (κ3) is 6.29. The molecule has 13 heteroatoms. The largest absolute Gasteiger partial charge is 0.482 e. The Labute approximate surface area is 207 Å². The molecule has 0 aliphatic carbocycles. The van der Waals surface area contributed by atoms with Crippen molar-refractivity contribution < 1.29 is 22.3 Å². The fourth-order valence-electron chi connectivity index (χ4n) is 3.13. The monoisotopic (exact) mass is 522 g/mol. The number of hydrogen-bond donors (Lipinski definition) is 2. The lowest BCUT2D eigenvalue weighted by atomic mass is 10.2. The Bertz CT molecular complexity index is 1290. The van der Waals surface area contributed by atoms with E-state index >= 15 is 0 Å². The quantitative estimate of drug-likeness (QED) is 0.290. The highest BCUT2D eigenvalue weighted by Crippen LogP contribution is 2.24. The highest BCUT2D eigenvalue weighted by molar-refractivity contribution is 7.99. The number of hydrogen-bond acceptors (Lipinski definition) is 8. The smallest absolute Gasteiger partial charge is 0.243 e. The van der Waals surface area contributed by atoms with Gasteiger partial charge in [-0.2, -0.15) is 4.31 Å². The standard InChI is InChI=1S/C22H27FN6O4S2/c1-4-28(5-2)35(31,32)16-11-10-15(3)18(12-16)25-21(30)14-34-22-27-26-20(29(22)24)13-33-19-9-7-6-8-17(19)23/h6-12H,4-5,13-14,24H2,1-3H3,(H,25,30). The van der Waals surface area contributed by atoms with Crippen LogP contribution in [0.15, 0.2) is 52.5 Å². The van der Waals surface area contributed by atoms with Gasteiger partial charge in [0, 0.05) is 18.8 Å². The molecule has 0 spiro atoms. The molecule has 35 heavy (non-hydrogen) atoms. The van der Waals surface area contributed by atoms with Crippen molar-refractivity contribution in [3.8, 4) is 5.75 Å². The number of ether oxygens (including phenoxy) is 1. The number of thioether (sulfide) groups is 1. The van der Waals surface area contributed by atoms with Crippen LogP contribution in [-0.2, 0) is 21.4 Å². The summed E-state index contributed by atoms with van der Waals surface area (Å²) in [5, 5.41) is 10.9. The van der Waals surface area contributed by atoms with E-state index < -0.39 is 15.8 Å². The SMILES string of the molecule is CCN(CC)S(=O)(=O)c1ccc(C)c(NC(=O)CSc2nnc(COc3ccccc3F)n2N)c1. The van der Waals surface area contributed by atoms with Gasteiger partial charge >= 0.3 is 0 Å². The van der Waals surface area contributed by atoms with Crippen molar-refractivity contribution in [1.82, 2.24) is 19.2 Å². The van der Waals surface area contributed by atoms with Crippen LogP contribution in [0.1, 0.15) is 25.2 Å². The number of sulfonamides is 1. The minimum Gasteiger partial charge on any atom is -0.482 e. The number of nitrogens with two attached hydrogens (primary N) is 1. The molecule has 1 amide bonds. The topological polar surface area (TPSA) is 132 Å². The molecule has 0 atom stereocenters. The van der Waals surface area contributed by atoms with E-state index in [9.17, 15) is 17.6 Å². The predicted octanol–water partition coefficient (Wildman–Crippen LogP) is 2.78. The summed E-state index contributed by atoms with van der Waals surface area (Å²) in [5.41, 5.74) is 1.12. The fraction of sp³-hybridized carbons (Fsp3) is 0.318. The van der Waals surface area contributed by atoms with Crippen LogP contribution in [0.2, 0.25) is 0 Å². The van der Waals surface area contributed by atoms with Crippen molar-refractivity contribution in [3.05, 3.63) is 59.7 Å². The first-order chi connectivity index (χ1) is 16.7. The van der Waals surface area contributed by atoms with E-state index in [4.69, 9.17) is 10.6 Å². The van der Waals surface area contributed by atoms with E-state index in [-0.39, 0.29) is 39.9 Å². The van der Waals surface area contributed by atoms with Gasteiger partial charge in [-0.3, -0.25) is 4.79 Å². The molecule has 1 heterocycles. The van der Waals surface area contributed by atoms with Crippen molar-refractivity contribution in [2.45, 2.75) is 37.4 Å². The summed E-state index contributed by atoms with van der Waals surface area (Å²) in [5.74, 6) is 5.37. The molecule has 10 nitrogen and oxygen atoms in total. The zero-order chi connectivity index (χ0) is 25.6. The number of carbonyl (C=O) groups is 1. The molecule has 188 valence electrons. The molecule has 0 saturated carbocycles. The van der Waals surface area contributed by atoms with Crippen molar-refractivity contribution in [3.63, 3.8) is 0 Å². The Morgan fingerprint density at radius 2 is 1.91 bits per heavy atom. The van der Waals surface area contributed by atoms with Crippen molar-refractivity contribution in [1.29, 1.82) is 0 Å². The first-order valence-electron chi connectivity index (χ1n) is 10.8. The maximum Gasteiger partial charge on any atom is 0.243 e. The van der Waals surface area contributed by atoms with Gasteiger partial charge < -0.3 is 15.9 Å². The van der Waals surface area contributed by atoms with Gasteiger partial charge in [0.25, 0.3) is 0 Å². The van der Waals surface area contributed by atoms with E-state index in [1.807, 2.05) is 0 Å². The summed E-state index contributed by atoms with van der Waals surface area (Å²) in [4.78, 5) is 12.7. The third-order valence-electron chi connectivity index (χ3n) is 5.09. The molecule has 0 saturated heterocycles.